The molecule has 0 radical (unpaired) electrons. The highest BCUT2D eigenvalue weighted by atomic mass is 28.4. The standard InChI is InChI=1S/C21H31N5O5Si/c1-7-8-18(31-20(22)27)16-13-15(9-10-23-16)19-17(26(28)29)14-24-25(19)11-12-30-32(5,6)21(2,3)4/h7,9-10,13-14,18H,1,8,11-12H2,2-6H3,(H2,22,27)/t18-/m0/s1. The predicted octanol–water partition coefficient (Wildman–Crippen LogP) is 4.59. The van der Waals surface area contributed by atoms with E-state index >= 15 is 0 Å². The zero-order valence-electron chi connectivity index (χ0n) is 19.2. The number of primary amides is 1. The molecule has 0 bridgehead atoms. The minimum Gasteiger partial charge on any atom is -0.440 e. The van der Waals surface area contributed by atoms with Crippen LogP contribution in [0.1, 0.15) is 39.0 Å². The molecule has 1 amide bonds. The number of rotatable bonds is 10. The molecular formula is C21H31N5O5Si. The molecule has 0 spiro atoms. The fourth-order valence-corrected chi connectivity index (χ4v) is 3.91. The van der Waals surface area contributed by atoms with Gasteiger partial charge in [-0.25, -0.2) is 4.79 Å². The van der Waals surface area contributed by atoms with E-state index in [2.05, 4.69) is 50.5 Å². The number of nitrogens with zero attached hydrogens (tertiary/aromatic N) is 4. The van der Waals surface area contributed by atoms with Gasteiger partial charge >= 0.3 is 11.8 Å². The molecular weight excluding hydrogens is 430 g/mol. The fraction of sp³-hybridized carbons (Fsp3) is 0.476. The summed E-state index contributed by atoms with van der Waals surface area (Å²) in [6, 6.07) is 3.28. The van der Waals surface area contributed by atoms with Gasteiger partial charge in [-0.15, -0.1) is 6.58 Å². The van der Waals surface area contributed by atoms with Crippen molar-refractivity contribution in [2.45, 2.75) is 58.0 Å². The lowest BCUT2D eigenvalue weighted by Gasteiger charge is -2.36. The molecule has 0 fully saturated rings. The summed E-state index contributed by atoms with van der Waals surface area (Å²) in [7, 11) is -1.97. The van der Waals surface area contributed by atoms with Crippen molar-refractivity contribution < 1.29 is 18.9 Å². The molecule has 2 aromatic heterocycles. The maximum atomic E-state index is 11.7. The number of pyridine rings is 1. The Morgan fingerprint density at radius 3 is 2.69 bits per heavy atom. The molecule has 174 valence electrons. The SMILES string of the molecule is C=CC[C@H](OC(N)=O)c1cc(-c2c([N+](=O)[O-])cnn2CCO[Si](C)(C)C(C)(C)C)ccn1. The Kier molecular flexibility index (Phi) is 7.91. The van der Waals surface area contributed by atoms with E-state index in [1.807, 2.05) is 0 Å². The number of carbonyl (C=O) groups excluding carboxylic acids is 1. The lowest BCUT2D eigenvalue weighted by atomic mass is 10.1. The Morgan fingerprint density at radius 2 is 2.12 bits per heavy atom. The third-order valence-electron chi connectivity index (χ3n) is 5.61. The highest BCUT2D eigenvalue weighted by Crippen LogP contribution is 2.37. The first-order chi connectivity index (χ1) is 14.9. The van der Waals surface area contributed by atoms with Crippen molar-refractivity contribution in [2.24, 2.45) is 5.73 Å². The average molecular weight is 462 g/mol. The van der Waals surface area contributed by atoms with E-state index in [0.29, 0.717) is 36.5 Å². The number of ether oxygens (including phenoxy) is 1. The summed E-state index contributed by atoms with van der Waals surface area (Å²) in [5.41, 5.74) is 6.28. The minimum atomic E-state index is -1.97. The second-order valence-electron chi connectivity index (χ2n) is 8.89. The van der Waals surface area contributed by atoms with Crippen LogP contribution in [0.25, 0.3) is 11.3 Å². The first kappa shape index (κ1) is 25.2. The second kappa shape index (κ2) is 10.0. The third kappa shape index (κ3) is 6.01. The van der Waals surface area contributed by atoms with Gasteiger partial charge < -0.3 is 14.9 Å². The average Bonchev–Trinajstić information content (AvgIpc) is 3.10. The van der Waals surface area contributed by atoms with Crippen molar-refractivity contribution in [2.75, 3.05) is 6.61 Å². The van der Waals surface area contributed by atoms with Crippen molar-refractivity contribution in [1.29, 1.82) is 0 Å². The first-order valence-electron chi connectivity index (χ1n) is 10.2. The number of carbonyl (C=O) groups is 1. The van der Waals surface area contributed by atoms with Crippen molar-refractivity contribution in [3.05, 3.63) is 53.0 Å². The van der Waals surface area contributed by atoms with E-state index in [9.17, 15) is 14.9 Å². The van der Waals surface area contributed by atoms with Gasteiger partial charge in [0.25, 0.3) is 0 Å². The lowest BCUT2D eigenvalue weighted by molar-refractivity contribution is -0.384. The topological polar surface area (TPSA) is 135 Å². The van der Waals surface area contributed by atoms with Crippen LogP contribution in [0.3, 0.4) is 0 Å². The van der Waals surface area contributed by atoms with Crippen LogP contribution in [0.2, 0.25) is 18.1 Å². The van der Waals surface area contributed by atoms with Crippen molar-refractivity contribution in [3.63, 3.8) is 0 Å². The Bertz CT molecular complexity index is 983. The number of nitrogens with two attached hydrogens (primary N) is 1. The first-order valence-corrected chi connectivity index (χ1v) is 13.2. The van der Waals surface area contributed by atoms with E-state index in [-0.39, 0.29) is 10.7 Å². The predicted molar refractivity (Wildman–Crippen MR) is 123 cm³/mol. The van der Waals surface area contributed by atoms with Crippen molar-refractivity contribution in [3.8, 4) is 11.3 Å². The minimum absolute atomic E-state index is 0.0482. The van der Waals surface area contributed by atoms with Gasteiger partial charge in [-0.1, -0.05) is 26.8 Å². The van der Waals surface area contributed by atoms with Crippen LogP contribution in [-0.4, -0.2) is 40.7 Å². The molecule has 10 nitrogen and oxygen atoms in total. The molecule has 0 unspecified atom stereocenters. The molecule has 0 saturated carbocycles. The maximum Gasteiger partial charge on any atom is 0.405 e. The molecule has 2 heterocycles. The molecule has 0 saturated heterocycles. The quantitative estimate of drug-likeness (QED) is 0.236. The van der Waals surface area contributed by atoms with Crippen LogP contribution in [0.15, 0.2) is 37.2 Å². The van der Waals surface area contributed by atoms with Crippen LogP contribution < -0.4 is 5.73 Å². The van der Waals surface area contributed by atoms with Crippen molar-refractivity contribution in [1.82, 2.24) is 14.8 Å². The molecule has 0 aliphatic rings. The van der Waals surface area contributed by atoms with Crippen LogP contribution >= 0.6 is 0 Å². The van der Waals surface area contributed by atoms with Gasteiger partial charge in [0.15, 0.2) is 8.32 Å². The van der Waals surface area contributed by atoms with Crippen LogP contribution in [-0.2, 0) is 15.7 Å². The van der Waals surface area contributed by atoms with E-state index in [0.717, 1.165) is 0 Å². The maximum absolute atomic E-state index is 11.7. The molecule has 2 N–H and O–H groups in total. The summed E-state index contributed by atoms with van der Waals surface area (Å²) in [6.07, 6.45) is 2.90. The highest BCUT2D eigenvalue weighted by molar-refractivity contribution is 6.74. The smallest absolute Gasteiger partial charge is 0.405 e. The Balaban J connectivity index is 2.38. The Hall–Kier alpha value is -3.05. The number of amides is 1. The summed E-state index contributed by atoms with van der Waals surface area (Å²) in [5.74, 6) is 0. The van der Waals surface area contributed by atoms with E-state index in [1.54, 1.807) is 22.9 Å². The number of hydrogen-bond acceptors (Lipinski definition) is 7. The summed E-state index contributed by atoms with van der Waals surface area (Å²) in [6.45, 7) is 15.1. The molecule has 0 aromatic carbocycles. The summed E-state index contributed by atoms with van der Waals surface area (Å²) in [5, 5.41) is 15.9. The van der Waals surface area contributed by atoms with Crippen LogP contribution in [0.5, 0.6) is 0 Å². The number of hydrogen-bond donors (Lipinski definition) is 1. The summed E-state index contributed by atoms with van der Waals surface area (Å²) in [4.78, 5) is 26.7. The normalized spacial score (nSPS) is 12.9. The van der Waals surface area contributed by atoms with Gasteiger partial charge in [0.2, 0.25) is 0 Å². The zero-order chi connectivity index (χ0) is 24.1. The summed E-state index contributed by atoms with van der Waals surface area (Å²) < 4.78 is 12.9. The molecule has 2 aromatic rings. The molecule has 1 atom stereocenters. The van der Waals surface area contributed by atoms with Gasteiger partial charge in [-0.2, -0.15) is 5.10 Å². The van der Waals surface area contributed by atoms with Crippen molar-refractivity contribution >= 4 is 20.1 Å². The van der Waals surface area contributed by atoms with E-state index < -0.39 is 25.4 Å². The zero-order valence-corrected chi connectivity index (χ0v) is 20.2. The van der Waals surface area contributed by atoms with Gasteiger partial charge in [-0.05, 0) is 30.3 Å². The monoisotopic (exact) mass is 461 g/mol. The van der Waals surface area contributed by atoms with Crippen LogP contribution in [0.4, 0.5) is 10.5 Å². The largest absolute Gasteiger partial charge is 0.440 e. The van der Waals surface area contributed by atoms with Gasteiger partial charge in [0.1, 0.15) is 18.0 Å². The lowest BCUT2D eigenvalue weighted by Crippen LogP contribution is -2.41. The molecule has 0 aliphatic carbocycles. The number of aromatic nitrogens is 3. The van der Waals surface area contributed by atoms with Gasteiger partial charge in [0.05, 0.1) is 23.8 Å². The fourth-order valence-electron chi connectivity index (χ4n) is 2.87. The highest BCUT2D eigenvalue weighted by Gasteiger charge is 2.37. The van der Waals surface area contributed by atoms with Gasteiger partial charge in [-0.3, -0.25) is 19.8 Å². The molecule has 0 aliphatic heterocycles. The molecule has 11 heteroatoms. The van der Waals surface area contributed by atoms with Gasteiger partial charge in [0, 0.05) is 18.2 Å². The summed E-state index contributed by atoms with van der Waals surface area (Å²) >= 11 is 0. The third-order valence-corrected chi connectivity index (χ3v) is 10.2. The Labute approximate surface area is 188 Å². The molecule has 32 heavy (non-hydrogen) atoms. The Morgan fingerprint density at radius 1 is 1.44 bits per heavy atom. The van der Waals surface area contributed by atoms with Crippen LogP contribution in [0, 0.1) is 10.1 Å². The van der Waals surface area contributed by atoms with E-state index in [1.165, 1.54) is 12.4 Å². The van der Waals surface area contributed by atoms with E-state index in [4.69, 9.17) is 14.9 Å². The molecule has 2 rings (SSSR count). The second-order valence-corrected chi connectivity index (χ2v) is 13.7. The number of nitro groups is 1.